The van der Waals surface area contributed by atoms with E-state index in [-0.39, 0.29) is 13.0 Å². The molecule has 0 radical (unpaired) electrons. The Bertz CT molecular complexity index is 744. The fourth-order valence-electron chi connectivity index (χ4n) is 3.28. The highest BCUT2D eigenvalue weighted by molar-refractivity contribution is 5.80. The van der Waals surface area contributed by atoms with E-state index >= 15 is 0 Å². The van der Waals surface area contributed by atoms with E-state index in [2.05, 4.69) is 9.84 Å². The number of halogens is 1. The summed E-state index contributed by atoms with van der Waals surface area (Å²) in [5.41, 5.74) is 2.14. The molecule has 24 heavy (non-hydrogen) atoms. The van der Waals surface area contributed by atoms with Crippen LogP contribution in [-0.4, -0.2) is 46.5 Å². The van der Waals surface area contributed by atoms with Crippen molar-refractivity contribution in [1.29, 1.82) is 0 Å². The van der Waals surface area contributed by atoms with Crippen LogP contribution in [0, 0.1) is 13.8 Å². The first kappa shape index (κ1) is 16.6. The average Bonchev–Trinajstić information content (AvgIpc) is 3.11. The number of hydrogen-bond donors (Lipinski definition) is 0. The topological polar surface area (TPSA) is 47.4 Å². The zero-order valence-electron chi connectivity index (χ0n) is 14.3. The summed E-state index contributed by atoms with van der Waals surface area (Å²) in [6, 6.07) is 9.92. The summed E-state index contributed by atoms with van der Waals surface area (Å²) in [6.45, 7) is 5.14. The van der Waals surface area contributed by atoms with Crippen LogP contribution in [0.4, 0.5) is 4.39 Å². The number of aryl methyl sites for hydroxylation is 1. The Morgan fingerprint density at radius 1 is 1.33 bits per heavy atom. The summed E-state index contributed by atoms with van der Waals surface area (Å²) < 4.78 is 21.1. The van der Waals surface area contributed by atoms with Crippen LogP contribution in [0.5, 0.6) is 0 Å². The number of alkyl halides is 1. The van der Waals surface area contributed by atoms with Crippen LogP contribution in [-0.2, 0) is 16.1 Å². The maximum Gasteiger partial charge on any atom is 0.345 e. The third-order valence-electron chi connectivity index (χ3n) is 4.67. The van der Waals surface area contributed by atoms with Crippen molar-refractivity contribution in [2.45, 2.75) is 32.5 Å². The summed E-state index contributed by atoms with van der Waals surface area (Å²) in [5, 5.41) is 4.61. The average molecular weight is 331 g/mol. The van der Waals surface area contributed by atoms with Crippen molar-refractivity contribution in [1.82, 2.24) is 14.7 Å². The van der Waals surface area contributed by atoms with Crippen LogP contribution < -0.4 is 0 Å². The van der Waals surface area contributed by atoms with Crippen LogP contribution in [0.2, 0.25) is 0 Å². The number of benzene rings is 1. The lowest BCUT2D eigenvalue weighted by atomic mass is 10.1. The molecule has 1 fully saturated rings. The molecule has 1 aromatic carbocycles. The van der Waals surface area contributed by atoms with Gasteiger partial charge in [0, 0.05) is 37.3 Å². The minimum Gasteiger partial charge on any atom is -0.467 e. The first-order valence-corrected chi connectivity index (χ1v) is 8.05. The fraction of sp³-hybridized carbons (Fsp3) is 0.444. The molecule has 0 amide bonds. The molecule has 2 heterocycles. The first-order valence-electron chi connectivity index (χ1n) is 8.05. The molecule has 0 N–H and O–H groups in total. The Morgan fingerprint density at radius 2 is 2.04 bits per heavy atom. The van der Waals surface area contributed by atoms with E-state index in [1.165, 1.54) is 7.11 Å². The quantitative estimate of drug-likeness (QED) is 0.808. The number of methoxy groups -OCH3 is 1. The van der Waals surface area contributed by atoms with Crippen molar-refractivity contribution >= 4 is 5.97 Å². The second kappa shape index (κ2) is 6.36. The van der Waals surface area contributed by atoms with Crippen LogP contribution in [0.25, 0.3) is 5.69 Å². The number of likely N-dealkylation sites (tertiary alicyclic amines) is 1. The van der Waals surface area contributed by atoms with E-state index in [0.717, 1.165) is 22.6 Å². The Labute approximate surface area is 141 Å². The molecule has 5 nitrogen and oxygen atoms in total. The highest BCUT2D eigenvalue weighted by Gasteiger charge is 2.46. The third kappa shape index (κ3) is 2.94. The van der Waals surface area contributed by atoms with Gasteiger partial charge in [-0.2, -0.15) is 5.10 Å². The predicted octanol–water partition coefficient (Wildman–Crippen LogP) is 2.58. The summed E-state index contributed by atoms with van der Waals surface area (Å²) >= 11 is 0. The Hall–Kier alpha value is -2.21. The number of carbonyl (C=O) groups is 1. The molecule has 1 aromatic heterocycles. The second-order valence-corrected chi connectivity index (χ2v) is 6.31. The number of hydrogen-bond acceptors (Lipinski definition) is 4. The normalized spacial score (nSPS) is 21.2. The number of rotatable bonds is 4. The van der Waals surface area contributed by atoms with Crippen LogP contribution in [0.15, 0.2) is 30.3 Å². The smallest absolute Gasteiger partial charge is 0.345 e. The van der Waals surface area contributed by atoms with Crippen molar-refractivity contribution in [2.75, 3.05) is 20.2 Å². The van der Waals surface area contributed by atoms with Crippen molar-refractivity contribution in [2.24, 2.45) is 0 Å². The van der Waals surface area contributed by atoms with Gasteiger partial charge in [-0.05, 0) is 26.0 Å². The van der Waals surface area contributed by atoms with Crippen molar-refractivity contribution < 1.29 is 13.9 Å². The second-order valence-electron chi connectivity index (χ2n) is 6.31. The Balaban J connectivity index is 1.80. The molecule has 0 saturated carbocycles. The fourth-order valence-corrected chi connectivity index (χ4v) is 3.28. The van der Waals surface area contributed by atoms with Gasteiger partial charge < -0.3 is 4.74 Å². The van der Waals surface area contributed by atoms with Gasteiger partial charge >= 0.3 is 5.97 Å². The van der Waals surface area contributed by atoms with E-state index in [4.69, 9.17) is 0 Å². The maximum atomic E-state index is 14.6. The molecule has 128 valence electrons. The summed E-state index contributed by atoms with van der Waals surface area (Å²) in [6.07, 6.45) is 0.171. The lowest BCUT2D eigenvalue weighted by Gasteiger charge is -2.19. The number of ether oxygens (including phenoxy) is 1. The lowest BCUT2D eigenvalue weighted by molar-refractivity contribution is -0.153. The highest BCUT2D eigenvalue weighted by atomic mass is 19.1. The van der Waals surface area contributed by atoms with E-state index in [1.54, 1.807) is 0 Å². The lowest BCUT2D eigenvalue weighted by Crippen LogP contribution is -2.38. The zero-order chi connectivity index (χ0) is 17.3. The van der Waals surface area contributed by atoms with Crippen LogP contribution >= 0.6 is 0 Å². The predicted molar refractivity (Wildman–Crippen MR) is 88.8 cm³/mol. The molecule has 0 aliphatic carbocycles. The SMILES string of the molecule is COC(=O)C1(F)CCN(Cc2c(C)nn(-c3ccccc3)c2C)C1. The molecular formula is C18H22FN3O2. The van der Waals surface area contributed by atoms with E-state index in [1.807, 2.05) is 53.8 Å². The Kier molecular flexibility index (Phi) is 4.41. The molecule has 1 saturated heterocycles. The van der Waals surface area contributed by atoms with Gasteiger partial charge in [0.2, 0.25) is 5.67 Å². The van der Waals surface area contributed by atoms with Gasteiger partial charge in [0.1, 0.15) is 0 Å². The molecule has 2 aromatic rings. The molecule has 0 spiro atoms. The number of esters is 1. The number of carbonyl (C=O) groups excluding carboxylic acids is 1. The largest absolute Gasteiger partial charge is 0.467 e. The van der Waals surface area contributed by atoms with E-state index < -0.39 is 11.6 Å². The number of para-hydroxylation sites is 1. The van der Waals surface area contributed by atoms with Crippen LogP contribution in [0.3, 0.4) is 0 Å². The molecule has 6 heteroatoms. The van der Waals surface area contributed by atoms with Gasteiger partial charge in [0.25, 0.3) is 0 Å². The molecule has 3 rings (SSSR count). The molecule has 1 unspecified atom stereocenters. The maximum absolute atomic E-state index is 14.6. The summed E-state index contributed by atoms with van der Waals surface area (Å²) in [7, 11) is 1.23. The molecule has 0 bridgehead atoms. The van der Waals surface area contributed by atoms with Crippen molar-refractivity contribution in [3.8, 4) is 5.69 Å². The third-order valence-corrected chi connectivity index (χ3v) is 4.67. The molecule has 1 atom stereocenters. The van der Waals surface area contributed by atoms with Crippen LogP contribution in [0.1, 0.15) is 23.4 Å². The number of aromatic nitrogens is 2. The van der Waals surface area contributed by atoms with Gasteiger partial charge in [-0.1, -0.05) is 18.2 Å². The van der Waals surface area contributed by atoms with Gasteiger partial charge in [0.15, 0.2) is 0 Å². The van der Waals surface area contributed by atoms with Crippen molar-refractivity contribution in [3.05, 3.63) is 47.3 Å². The summed E-state index contributed by atoms with van der Waals surface area (Å²) in [5.74, 6) is -0.779. The first-order chi connectivity index (χ1) is 11.4. The van der Waals surface area contributed by atoms with Gasteiger partial charge in [-0.15, -0.1) is 0 Å². The summed E-state index contributed by atoms with van der Waals surface area (Å²) in [4.78, 5) is 13.6. The van der Waals surface area contributed by atoms with E-state index in [0.29, 0.717) is 13.1 Å². The minimum absolute atomic E-state index is 0.0646. The highest BCUT2D eigenvalue weighted by Crippen LogP contribution is 2.29. The van der Waals surface area contributed by atoms with E-state index in [9.17, 15) is 9.18 Å². The van der Waals surface area contributed by atoms with Gasteiger partial charge in [0.05, 0.1) is 18.5 Å². The number of nitrogens with zero attached hydrogens (tertiary/aromatic N) is 3. The minimum atomic E-state index is -1.90. The standard InChI is InChI=1S/C18H22FN3O2/c1-13-16(11-21-10-9-18(19,12-21)17(23)24-3)14(2)22(20-13)15-7-5-4-6-8-15/h4-8H,9-12H2,1-3H3. The monoisotopic (exact) mass is 331 g/mol. The molecule has 1 aliphatic heterocycles. The molecular weight excluding hydrogens is 309 g/mol. The van der Waals surface area contributed by atoms with Gasteiger partial charge in [-0.3, -0.25) is 4.90 Å². The van der Waals surface area contributed by atoms with Gasteiger partial charge in [-0.25, -0.2) is 13.9 Å². The zero-order valence-corrected chi connectivity index (χ0v) is 14.3. The molecule has 1 aliphatic rings. The Morgan fingerprint density at radius 3 is 2.71 bits per heavy atom. The van der Waals surface area contributed by atoms with Crippen molar-refractivity contribution in [3.63, 3.8) is 0 Å².